The van der Waals surface area contributed by atoms with Crippen molar-refractivity contribution < 1.29 is 0 Å². The number of nitrogens with zero attached hydrogens (tertiary/aromatic N) is 1. The van der Waals surface area contributed by atoms with Crippen molar-refractivity contribution in [1.29, 1.82) is 0 Å². The molecule has 4 atom stereocenters. The Hall–Kier alpha value is -0.0800. The summed E-state index contributed by atoms with van der Waals surface area (Å²) >= 11 is 0. The molecule has 0 aromatic carbocycles. The Morgan fingerprint density at radius 2 is 1.71 bits per heavy atom. The minimum Gasteiger partial charge on any atom is -0.310 e. The van der Waals surface area contributed by atoms with E-state index in [-0.39, 0.29) is 0 Å². The lowest BCUT2D eigenvalue weighted by Gasteiger charge is -2.37. The van der Waals surface area contributed by atoms with E-state index >= 15 is 0 Å². The van der Waals surface area contributed by atoms with Crippen molar-refractivity contribution in [3.05, 3.63) is 0 Å². The van der Waals surface area contributed by atoms with E-state index in [1.807, 2.05) is 0 Å². The summed E-state index contributed by atoms with van der Waals surface area (Å²) in [6.07, 6.45) is 4.33. The minimum atomic E-state index is 0.623. The molecular formula is C12H24N2. The van der Waals surface area contributed by atoms with E-state index in [2.05, 4.69) is 38.2 Å². The Kier molecular flexibility index (Phi) is 2.85. The molecule has 2 heteroatoms. The monoisotopic (exact) mass is 196 g/mol. The normalized spacial score (nSPS) is 41.6. The molecule has 2 aliphatic rings. The van der Waals surface area contributed by atoms with Gasteiger partial charge in [0.2, 0.25) is 0 Å². The number of nitrogens with one attached hydrogen (secondary N) is 1. The van der Waals surface area contributed by atoms with Crippen LogP contribution in [-0.2, 0) is 0 Å². The van der Waals surface area contributed by atoms with Crippen molar-refractivity contribution >= 4 is 0 Å². The number of rotatable bonds is 3. The largest absolute Gasteiger partial charge is 0.310 e. The zero-order valence-electron chi connectivity index (χ0n) is 9.96. The van der Waals surface area contributed by atoms with E-state index in [9.17, 15) is 0 Å². The molecule has 0 saturated heterocycles. The van der Waals surface area contributed by atoms with Gasteiger partial charge in [-0.1, -0.05) is 13.8 Å². The van der Waals surface area contributed by atoms with E-state index in [0.29, 0.717) is 6.04 Å². The highest BCUT2D eigenvalue weighted by molar-refractivity contribution is 5.01. The molecule has 82 valence electrons. The molecule has 2 fully saturated rings. The second-order valence-electron chi connectivity index (χ2n) is 5.69. The first kappa shape index (κ1) is 10.4. The third kappa shape index (κ3) is 2.12. The van der Waals surface area contributed by atoms with Crippen molar-refractivity contribution in [1.82, 2.24) is 10.2 Å². The minimum absolute atomic E-state index is 0.623. The standard InChI is InChI=1S/C12H24N2/c1-8(2)13-11-6-9-5-10(9)7-12(11)14(3)4/h8-13H,5-7H2,1-4H3/t9-,10+,11-,12-/m0/s1. The average Bonchev–Trinajstić information content (AvgIpc) is 2.79. The molecule has 0 bridgehead atoms. The fourth-order valence-electron chi connectivity index (χ4n) is 3.02. The first-order valence-corrected chi connectivity index (χ1v) is 6.00. The molecule has 14 heavy (non-hydrogen) atoms. The molecule has 0 amide bonds. The first-order chi connectivity index (χ1) is 6.58. The van der Waals surface area contributed by atoms with E-state index in [4.69, 9.17) is 0 Å². The van der Waals surface area contributed by atoms with E-state index < -0.39 is 0 Å². The van der Waals surface area contributed by atoms with Crippen molar-refractivity contribution in [2.75, 3.05) is 14.1 Å². The van der Waals surface area contributed by atoms with Crippen molar-refractivity contribution in [3.8, 4) is 0 Å². The fourth-order valence-corrected chi connectivity index (χ4v) is 3.02. The summed E-state index contributed by atoms with van der Waals surface area (Å²) in [5.41, 5.74) is 0. The number of hydrogen-bond acceptors (Lipinski definition) is 2. The highest BCUT2D eigenvalue weighted by Crippen LogP contribution is 2.50. The van der Waals surface area contributed by atoms with Gasteiger partial charge in [-0.25, -0.2) is 0 Å². The molecule has 0 aromatic rings. The maximum Gasteiger partial charge on any atom is 0.0246 e. The van der Waals surface area contributed by atoms with E-state index in [0.717, 1.165) is 23.9 Å². The van der Waals surface area contributed by atoms with Gasteiger partial charge in [0.05, 0.1) is 0 Å². The van der Waals surface area contributed by atoms with E-state index in [1.54, 1.807) is 0 Å². The lowest BCUT2D eigenvalue weighted by Crippen LogP contribution is -2.51. The van der Waals surface area contributed by atoms with Gasteiger partial charge >= 0.3 is 0 Å². The van der Waals surface area contributed by atoms with Gasteiger partial charge in [0.1, 0.15) is 0 Å². The molecule has 0 aliphatic heterocycles. The Labute approximate surface area is 88.1 Å². The Morgan fingerprint density at radius 3 is 2.29 bits per heavy atom. The second-order valence-corrected chi connectivity index (χ2v) is 5.69. The van der Waals surface area contributed by atoms with Gasteiger partial charge in [-0.2, -0.15) is 0 Å². The smallest absolute Gasteiger partial charge is 0.0246 e. The highest BCUT2D eigenvalue weighted by atomic mass is 15.2. The number of likely N-dealkylation sites (N-methyl/N-ethyl adjacent to an activating group) is 1. The molecule has 0 heterocycles. The van der Waals surface area contributed by atoms with Crippen LogP contribution >= 0.6 is 0 Å². The van der Waals surface area contributed by atoms with Gasteiger partial charge in [-0.3, -0.25) is 0 Å². The van der Waals surface area contributed by atoms with Crippen LogP contribution in [0.25, 0.3) is 0 Å². The van der Waals surface area contributed by atoms with Crippen LogP contribution in [-0.4, -0.2) is 37.1 Å². The van der Waals surface area contributed by atoms with Gasteiger partial charge < -0.3 is 10.2 Å². The summed E-state index contributed by atoms with van der Waals surface area (Å²) in [5.74, 6) is 2.12. The molecule has 0 spiro atoms. The molecule has 0 aromatic heterocycles. The van der Waals surface area contributed by atoms with Crippen LogP contribution in [0.5, 0.6) is 0 Å². The molecule has 2 nitrogen and oxygen atoms in total. The lowest BCUT2D eigenvalue weighted by molar-refractivity contribution is 0.165. The summed E-state index contributed by atoms with van der Waals surface area (Å²) in [6.45, 7) is 4.51. The van der Waals surface area contributed by atoms with Crippen LogP contribution in [0.3, 0.4) is 0 Å². The third-order valence-corrected chi connectivity index (χ3v) is 3.85. The predicted molar refractivity (Wildman–Crippen MR) is 60.4 cm³/mol. The second kappa shape index (κ2) is 3.82. The van der Waals surface area contributed by atoms with Gasteiger partial charge in [-0.05, 0) is 45.2 Å². The van der Waals surface area contributed by atoms with Gasteiger partial charge in [0.25, 0.3) is 0 Å². The molecule has 1 N–H and O–H groups in total. The van der Waals surface area contributed by atoms with Crippen molar-refractivity contribution in [2.45, 2.75) is 51.2 Å². The SMILES string of the molecule is CC(C)N[C@H]1C[C@@H]2C[C@@H]2C[C@@H]1N(C)C. The zero-order chi connectivity index (χ0) is 10.3. The van der Waals surface area contributed by atoms with Crippen LogP contribution in [0.1, 0.15) is 33.1 Å². The summed E-state index contributed by atoms with van der Waals surface area (Å²) < 4.78 is 0. The van der Waals surface area contributed by atoms with Crippen LogP contribution in [0.4, 0.5) is 0 Å². The Bertz CT molecular complexity index is 198. The molecule has 2 saturated carbocycles. The lowest BCUT2D eigenvalue weighted by atomic mass is 9.89. The molecule has 0 unspecified atom stereocenters. The first-order valence-electron chi connectivity index (χ1n) is 6.00. The van der Waals surface area contributed by atoms with E-state index in [1.165, 1.54) is 19.3 Å². The number of fused-ring (bicyclic) bond motifs is 1. The van der Waals surface area contributed by atoms with Gasteiger partial charge in [-0.15, -0.1) is 0 Å². The summed E-state index contributed by atoms with van der Waals surface area (Å²) in [4.78, 5) is 2.41. The highest BCUT2D eigenvalue weighted by Gasteiger charge is 2.46. The quantitative estimate of drug-likeness (QED) is 0.739. The Balaban J connectivity index is 1.96. The van der Waals surface area contributed by atoms with Crippen LogP contribution < -0.4 is 5.32 Å². The van der Waals surface area contributed by atoms with Gasteiger partial charge in [0.15, 0.2) is 0 Å². The summed E-state index contributed by atoms with van der Waals surface area (Å²) in [5, 5.41) is 3.73. The molecule has 2 aliphatic carbocycles. The van der Waals surface area contributed by atoms with Crippen molar-refractivity contribution in [3.63, 3.8) is 0 Å². The summed E-state index contributed by atoms with van der Waals surface area (Å²) in [6, 6.07) is 2.12. The fraction of sp³-hybridized carbons (Fsp3) is 1.00. The average molecular weight is 196 g/mol. The molecule has 0 radical (unpaired) electrons. The maximum atomic E-state index is 3.73. The number of hydrogen-bond donors (Lipinski definition) is 1. The zero-order valence-corrected chi connectivity index (χ0v) is 9.96. The van der Waals surface area contributed by atoms with Crippen LogP contribution in [0.2, 0.25) is 0 Å². The maximum absolute atomic E-state index is 3.73. The van der Waals surface area contributed by atoms with Crippen LogP contribution in [0, 0.1) is 11.8 Å². The molecule has 2 rings (SSSR count). The van der Waals surface area contributed by atoms with Crippen LogP contribution in [0.15, 0.2) is 0 Å². The Morgan fingerprint density at radius 1 is 1.07 bits per heavy atom. The predicted octanol–water partition coefficient (Wildman–Crippen LogP) is 1.71. The van der Waals surface area contributed by atoms with Gasteiger partial charge in [0, 0.05) is 18.1 Å². The molecular weight excluding hydrogens is 172 g/mol. The topological polar surface area (TPSA) is 15.3 Å². The summed E-state index contributed by atoms with van der Waals surface area (Å²) in [7, 11) is 4.45. The van der Waals surface area contributed by atoms with Crippen molar-refractivity contribution in [2.24, 2.45) is 11.8 Å². The third-order valence-electron chi connectivity index (χ3n) is 3.85.